The van der Waals surface area contributed by atoms with Crippen LogP contribution in [0.15, 0.2) is 45.5 Å². The zero-order chi connectivity index (χ0) is 34.3. The molecule has 0 saturated carbocycles. The van der Waals surface area contributed by atoms with Crippen molar-refractivity contribution in [2.75, 3.05) is 24.2 Å². The number of halogens is 1. The molecule has 3 heterocycles. The van der Waals surface area contributed by atoms with Gasteiger partial charge in [-0.15, -0.1) is 23.1 Å². The summed E-state index contributed by atoms with van der Waals surface area (Å²) in [7, 11) is 0. The molecule has 4 amide bonds. The minimum atomic E-state index is -1.08. The number of oxime groups is 1. The van der Waals surface area contributed by atoms with Crippen molar-refractivity contribution in [2.45, 2.75) is 44.4 Å². The summed E-state index contributed by atoms with van der Waals surface area (Å²) in [4.78, 5) is 83.1. The van der Waals surface area contributed by atoms with Gasteiger partial charge in [0, 0.05) is 23.3 Å². The fourth-order valence-corrected chi connectivity index (χ4v) is 6.24. The van der Waals surface area contributed by atoms with Gasteiger partial charge in [0.15, 0.2) is 10.8 Å². The van der Waals surface area contributed by atoms with Gasteiger partial charge in [-0.2, -0.15) is 0 Å². The van der Waals surface area contributed by atoms with Crippen LogP contribution >= 0.6 is 34.7 Å². The average Bonchev–Trinajstić information content (AvgIpc) is 3.47. The number of ether oxygens (including phenoxy) is 2. The molecule has 1 aromatic carbocycles. The third-order valence-corrected chi connectivity index (χ3v) is 8.60. The van der Waals surface area contributed by atoms with Crippen LogP contribution in [0.25, 0.3) is 0 Å². The average molecular weight is 710 g/mol. The van der Waals surface area contributed by atoms with Gasteiger partial charge in [-0.1, -0.05) is 16.8 Å². The number of nitro benzene ring substituents is 1. The van der Waals surface area contributed by atoms with Crippen LogP contribution in [0.4, 0.5) is 15.6 Å². The number of β-lactam (4-membered cyclic amide) rings is 1. The lowest BCUT2D eigenvalue weighted by molar-refractivity contribution is -0.384. The largest absolute Gasteiger partial charge is 0.456 e. The molecule has 0 radical (unpaired) electrons. The van der Waals surface area contributed by atoms with Gasteiger partial charge in [-0.05, 0) is 38.5 Å². The molecule has 250 valence electrons. The number of thiazole rings is 1. The Balaban J connectivity index is 1.40. The van der Waals surface area contributed by atoms with Crippen molar-refractivity contribution in [1.82, 2.24) is 20.5 Å². The van der Waals surface area contributed by atoms with Gasteiger partial charge in [0.2, 0.25) is 6.41 Å². The number of hydrogen-bond acceptors (Lipinski definition) is 14. The molecule has 0 spiro atoms. The minimum Gasteiger partial charge on any atom is -0.456 e. The van der Waals surface area contributed by atoms with Crippen LogP contribution in [0.3, 0.4) is 0 Å². The molecular weight excluding hydrogens is 682 g/mol. The number of nitrogens with one attached hydrogen (secondary N) is 3. The zero-order valence-corrected chi connectivity index (χ0v) is 27.4. The Bertz CT molecular complexity index is 1620. The van der Waals surface area contributed by atoms with Crippen LogP contribution in [0.2, 0.25) is 0 Å². The predicted molar refractivity (Wildman–Crippen MR) is 169 cm³/mol. The number of hydrogen-bond donors (Lipinski definition) is 3. The summed E-state index contributed by atoms with van der Waals surface area (Å²) >= 11 is 8.54. The molecule has 2 atom stereocenters. The lowest BCUT2D eigenvalue weighted by atomic mass is 10.0. The molecule has 2 aliphatic rings. The molecule has 1 unspecified atom stereocenters. The van der Waals surface area contributed by atoms with E-state index in [1.807, 2.05) is 0 Å². The van der Waals surface area contributed by atoms with E-state index in [2.05, 4.69) is 26.1 Å². The fraction of sp³-hybridized carbons (Fsp3) is 0.370. The van der Waals surface area contributed by atoms with Crippen LogP contribution in [0, 0.1) is 10.1 Å². The van der Waals surface area contributed by atoms with Gasteiger partial charge < -0.3 is 30.3 Å². The zero-order valence-electron chi connectivity index (χ0n) is 25.0. The second-order valence-corrected chi connectivity index (χ2v) is 13.0. The van der Waals surface area contributed by atoms with Gasteiger partial charge in [0.05, 0.1) is 16.5 Å². The number of esters is 1. The van der Waals surface area contributed by atoms with Gasteiger partial charge in [0.25, 0.3) is 17.5 Å². The van der Waals surface area contributed by atoms with Crippen molar-refractivity contribution >= 4 is 81.5 Å². The van der Waals surface area contributed by atoms with Crippen molar-refractivity contribution in [3.63, 3.8) is 0 Å². The second kappa shape index (κ2) is 15.2. The Kier molecular flexibility index (Phi) is 11.4. The number of anilines is 1. The monoisotopic (exact) mass is 709 g/mol. The van der Waals surface area contributed by atoms with E-state index >= 15 is 0 Å². The number of carbonyl (C=O) groups excluding carboxylic acids is 5. The van der Waals surface area contributed by atoms with Crippen molar-refractivity contribution < 1.29 is 43.2 Å². The molecule has 20 heteroatoms. The number of nitro groups is 1. The highest BCUT2D eigenvalue weighted by molar-refractivity contribution is 8.00. The molecule has 1 aromatic heterocycles. The Hall–Kier alpha value is -4.75. The van der Waals surface area contributed by atoms with Crippen molar-refractivity contribution in [3.8, 4) is 0 Å². The number of rotatable bonds is 13. The summed E-state index contributed by atoms with van der Waals surface area (Å²) in [5, 5.41) is 23.2. The quantitative estimate of drug-likeness (QED) is 0.0519. The molecule has 0 aliphatic carbocycles. The van der Waals surface area contributed by atoms with Gasteiger partial charge in [-0.25, -0.2) is 14.6 Å². The highest BCUT2D eigenvalue weighted by Crippen LogP contribution is 2.41. The van der Waals surface area contributed by atoms with Gasteiger partial charge in [-0.3, -0.25) is 29.4 Å². The predicted octanol–water partition coefficient (Wildman–Crippen LogP) is 2.46. The first kappa shape index (κ1) is 35.1. The molecule has 17 nitrogen and oxygen atoms in total. The summed E-state index contributed by atoms with van der Waals surface area (Å²) in [6, 6.07) is 4.32. The van der Waals surface area contributed by atoms with E-state index in [1.54, 1.807) is 20.8 Å². The maximum atomic E-state index is 13.4. The number of benzene rings is 1. The summed E-state index contributed by atoms with van der Waals surface area (Å²) in [6.45, 7) is 4.74. The maximum Gasteiger partial charge on any atom is 0.407 e. The topological polar surface area (TPSA) is 221 Å². The summed E-state index contributed by atoms with van der Waals surface area (Å²) in [6.07, 6.45) is -0.262. The third-order valence-electron chi connectivity index (χ3n) is 6.08. The molecule has 47 heavy (non-hydrogen) atoms. The normalized spacial score (nSPS) is 17.6. The molecule has 0 bridgehead atoms. The molecule has 2 aliphatic heterocycles. The van der Waals surface area contributed by atoms with E-state index in [4.69, 9.17) is 25.9 Å². The first-order chi connectivity index (χ1) is 22.3. The van der Waals surface area contributed by atoms with Crippen molar-refractivity contribution in [2.24, 2.45) is 5.16 Å². The van der Waals surface area contributed by atoms with E-state index < -0.39 is 45.8 Å². The van der Waals surface area contributed by atoms with Crippen LogP contribution in [-0.4, -0.2) is 86.7 Å². The van der Waals surface area contributed by atoms with Gasteiger partial charge in [0.1, 0.15) is 41.6 Å². The van der Waals surface area contributed by atoms with E-state index in [9.17, 15) is 34.1 Å². The first-order valence-electron chi connectivity index (χ1n) is 13.7. The number of non-ortho nitro benzene ring substituents is 1. The number of nitrogens with zero attached hydrogens (tertiary/aromatic N) is 4. The van der Waals surface area contributed by atoms with E-state index in [0.717, 1.165) is 16.2 Å². The summed E-state index contributed by atoms with van der Waals surface area (Å²) in [5.41, 5.74) is -0.803. The highest BCUT2D eigenvalue weighted by atomic mass is 35.5. The summed E-state index contributed by atoms with van der Waals surface area (Å²) < 4.78 is 10.5. The van der Waals surface area contributed by atoms with Crippen molar-refractivity contribution in [1.29, 1.82) is 0 Å². The van der Waals surface area contributed by atoms with Crippen LogP contribution in [-0.2, 0) is 40.1 Å². The Morgan fingerprint density at radius 2 is 1.98 bits per heavy atom. The first-order valence-corrected chi connectivity index (χ1v) is 16.0. The van der Waals surface area contributed by atoms with Crippen LogP contribution in [0.1, 0.15) is 32.0 Å². The third kappa shape index (κ3) is 8.95. The maximum absolute atomic E-state index is 13.4. The lowest BCUT2D eigenvalue weighted by Gasteiger charge is -2.49. The Labute approximate surface area is 280 Å². The number of amides is 4. The number of aromatic nitrogens is 1. The standard InChI is InChI=1S/C27H28ClN7O10S2/c1-27(2,3)45-26(40)29-8-9-44-33-18(17-12-47-25(31-17)30-13-36)21(37)32-19-22(38)34-20(16(28)11-46-23(19)34)24(39)43-10-14-4-6-15(7-5-14)35(41)42/h4-7,12-13,19,23H,8-11H2,1-3H3,(H,29,40)(H,32,37)(H,30,31,36)/t19?,23-/m1/s1. The molecular formula is C27H28ClN7O10S2. The van der Waals surface area contributed by atoms with E-state index in [1.165, 1.54) is 41.4 Å². The molecule has 3 N–H and O–H groups in total. The Morgan fingerprint density at radius 1 is 1.26 bits per heavy atom. The van der Waals surface area contributed by atoms with Crippen LogP contribution in [0.5, 0.6) is 0 Å². The lowest BCUT2D eigenvalue weighted by Crippen LogP contribution is -2.71. The SMILES string of the molecule is CC(C)(C)OC(=O)NCCON=C(C(=O)NC1C(=O)N2C(C(=O)OCc3ccc([N+](=O)[O-])cc3)=C(Cl)CS[C@H]12)c1csc(NC=O)n1. The number of thioether (sulfide) groups is 1. The smallest absolute Gasteiger partial charge is 0.407 e. The fourth-order valence-electron chi connectivity index (χ4n) is 4.04. The number of carbonyl (C=O) groups is 5. The van der Waals surface area contributed by atoms with E-state index in [-0.39, 0.29) is 58.5 Å². The molecule has 1 saturated heterocycles. The molecule has 4 rings (SSSR count). The second-order valence-electron chi connectivity index (χ2n) is 10.6. The summed E-state index contributed by atoms with van der Waals surface area (Å²) in [5.74, 6) is -2.22. The number of alkyl carbamates (subject to hydrolysis) is 1. The van der Waals surface area contributed by atoms with Crippen molar-refractivity contribution in [3.05, 3.63) is 61.7 Å². The van der Waals surface area contributed by atoms with Gasteiger partial charge >= 0.3 is 12.1 Å². The number of fused-ring (bicyclic) bond motifs is 1. The molecule has 2 aromatic rings. The molecule has 1 fully saturated rings. The Morgan fingerprint density at radius 3 is 2.64 bits per heavy atom. The van der Waals surface area contributed by atoms with E-state index in [0.29, 0.717) is 12.0 Å². The van der Waals surface area contributed by atoms with Crippen LogP contribution < -0.4 is 16.0 Å². The minimum absolute atomic E-state index is 0.00667. The highest BCUT2D eigenvalue weighted by Gasteiger charge is 2.54.